The van der Waals surface area contributed by atoms with E-state index in [1.54, 1.807) is 0 Å². The molecule has 0 fully saturated rings. The molecule has 0 saturated heterocycles. The third-order valence-corrected chi connectivity index (χ3v) is 7.73. The summed E-state index contributed by atoms with van der Waals surface area (Å²) in [4.78, 5) is 12.3. The maximum atomic E-state index is 12.3. The lowest BCUT2D eigenvalue weighted by Gasteiger charge is -2.14. The molecule has 0 radical (unpaired) electrons. The van der Waals surface area contributed by atoms with Gasteiger partial charge in [0.05, 0.1) is 0 Å². The largest absolute Gasteiger partial charge is 0.385 e. The van der Waals surface area contributed by atoms with Gasteiger partial charge in [-0.2, -0.15) is 0 Å². The van der Waals surface area contributed by atoms with Gasteiger partial charge >= 0.3 is 0 Å². The minimum Gasteiger partial charge on any atom is -0.385 e. The SMILES string of the molecule is O=C(C(O)CCCCCCCCCCc1ccccc1)C(O)CCCCCCCCCCc1ccccc1. The van der Waals surface area contributed by atoms with Gasteiger partial charge in [-0.15, -0.1) is 0 Å². The number of hydrogen-bond acceptors (Lipinski definition) is 3. The van der Waals surface area contributed by atoms with Gasteiger partial charge in [0.15, 0.2) is 5.78 Å². The summed E-state index contributed by atoms with van der Waals surface area (Å²) in [6, 6.07) is 21.4. The van der Waals surface area contributed by atoms with Gasteiger partial charge in [0.25, 0.3) is 0 Å². The summed E-state index contributed by atoms with van der Waals surface area (Å²) >= 11 is 0. The molecule has 3 nitrogen and oxygen atoms in total. The van der Waals surface area contributed by atoms with Crippen LogP contribution in [0.1, 0.15) is 127 Å². The fourth-order valence-corrected chi connectivity index (χ4v) is 5.25. The summed E-state index contributed by atoms with van der Waals surface area (Å²) in [6.07, 6.45) is 20.1. The van der Waals surface area contributed by atoms with E-state index in [9.17, 15) is 15.0 Å². The molecule has 0 aliphatic carbocycles. The van der Waals surface area contributed by atoms with Crippen molar-refractivity contribution in [3.63, 3.8) is 0 Å². The molecule has 0 aromatic heterocycles. The fourth-order valence-electron chi connectivity index (χ4n) is 5.25. The van der Waals surface area contributed by atoms with Crippen LogP contribution in [0.25, 0.3) is 0 Å². The molecule has 2 atom stereocenters. The predicted molar refractivity (Wildman–Crippen MR) is 160 cm³/mol. The van der Waals surface area contributed by atoms with Gasteiger partial charge in [-0.05, 0) is 49.7 Å². The summed E-state index contributed by atoms with van der Waals surface area (Å²) in [6.45, 7) is 0. The van der Waals surface area contributed by atoms with E-state index in [2.05, 4.69) is 60.7 Å². The van der Waals surface area contributed by atoms with Crippen LogP contribution in [0.3, 0.4) is 0 Å². The van der Waals surface area contributed by atoms with Crippen molar-refractivity contribution < 1.29 is 15.0 Å². The number of aliphatic hydroxyl groups excluding tert-OH is 2. The monoisotopic (exact) mass is 522 g/mol. The van der Waals surface area contributed by atoms with Crippen LogP contribution >= 0.6 is 0 Å². The second-order valence-corrected chi connectivity index (χ2v) is 11.1. The maximum absolute atomic E-state index is 12.3. The molecule has 0 bridgehead atoms. The smallest absolute Gasteiger partial charge is 0.189 e. The number of rotatable bonds is 24. The average molecular weight is 523 g/mol. The highest BCUT2D eigenvalue weighted by atomic mass is 16.3. The Bertz CT molecular complexity index is 737. The van der Waals surface area contributed by atoms with Crippen LogP contribution < -0.4 is 0 Å². The first-order chi connectivity index (χ1) is 18.7. The standard InChI is InChI=1S/C35H54O3/c36-33(29-21-11-7-3-1-5-9-15-23-31-25-17-13-18-26-31)35(38)34(37)30-22-12-8-4-2-6-10-16-24-32-27-19-14-20-28-32/h13-14,17-20,25-28,33-34,36-37H,1-12,15-16,21-24,29-30H2. The summed E-state index contributed by atoms with van der Waals surface area (Å²) in [7, 11) is 0. The molecule has 2 rings (SSSR count). The van der Waals surface area contributed by atoms with Crippen molar-refractivity contribution in [2.75, 3.05) is 0 Å². The lowest BCUT2D eigenvalue weighted by molar-refractivity contribution is -0.136. The third kappa shape index (κ3) is 16.1. The van der Waals surface area contributed by atoms with Gasteiger partial charge in [0.1, 0.15) is 12.2 Å². The highest BCUT2D eigenvalue weighted by Crippen LogP contribution is 2.16. The zero-order valence-corrected chi connectivity index (χ0v) is 23.9. The van der Waals surface area contributed by atoms with Gasteiger partial charge < -0.3 is 10.2 Å². The van der Waals surface area contributed by atoms with Gasteiger partial charge in [-0.3, -0.25) is 4.79 Å². The van der Waals surface area contributed by atoms with E-state index in [1.165, 1.54) is 88.2 Å². The zero-order chi connectivity index (χ0) is 27.1. The summed E-state index contributed by atoms with van der Waals surface area (Å²) in [5.41, 5.74) is 2.86. The molecule has 0 amide bonds. The summed E-state index contributed by atoms with van der Waals surface area (Å²) in [5, 5.41) is 20.4. The molecule has 2 aromatic carbocycles. The van der Waals surface area contributed by atoms with Crippen molar-refractivity contribution in [1.82, 2.24) is 0 Å². The first-order valence-corrected chi connectivity index (χ1v) is 15.6. The quantitative estimate of drug-likeness (QED) is 0.135. The number of aliphatic hydroxyl groups is 2. The molecule has 0 aliphatic rings. The Morgan fingerprint density at radius 3 is 1.08 bits per heavy atom. The predicted octanol–water partition coefficient (Wildman–Crippen LogP) is 8.78. The maximum Gasteiger partial charge on any atom is 0.189 e. The zero-order valence-electron chi connectivity index (χ0n) is 23.9. The lowest BCUT2D eigenvalue weighted by Crippen LogP contribution is -2.32. The normalized spacial score (nSPS) is 12.9. The molecule has 2 aromatic rings. The molecule has 2 unspecified atom stereocenters. The van der Waals surface area contributed by atoms with Crippen LogP contribution in [0.5, 0.6) is 0 Å². The molecule has 0 heterocycles. The Kier molecular flexibility index (Phi) is 18.6. The molecule has 2 N–H and O–H groups in total. The number of aryl methyl sites for hydroxylation is 2. The number of ketones is 1. The number of carbonyl (C=O) groups is 1. The summed E-state index contributed by atoms with van der Waals surface area (Å²) in [5.74, 6) is -0.373. The Morgan fingerprint density at radius 1 is 0.447 bits per heavy atom. The van der Waals surface area contributed by atoms with E-state index >= 15 is 0 Å². The molecular formula is C35H54O3. The van der Waals surface area contributed by atoms with Crippen LogP contribution in [0.4, 0.5) is 0 Å². The molecule has 3 heteroatoms. The highest BCUT2D eigenvalue weighted by Gasteiger charge is 2.22. The van der Waals surface area contributed by atoms with Crippen LogP contribution in [0, 0.1) is 0 Å². The number of unbranched alkanes of at least 4 members (excludes halogenated alkanes) is 14. The van der Waals surface area contributed by atoms with Crippen molar-refractivity contribution in [3.8, 4) is 0 Å². The van der Waals surface area contributed by atoms with E-state index in [0.717, 1.165) is 38.5 Å². The molecule has 0 saturated carbocycles. The van der Waals surface area contributed by atoms with Crippen molar-refractivity contribution in [2.45, 2.75) is 141 Å². The van der Waals surface area contributed by atoms with E-state index in [4.69, 9.17) is 0 Å². The number of hydrogen-bond donors (Lipinski definition) is 2. The number of benzene rings is 2. The van der Waals surface area contributed by atoms with Gasteiger partial charge in [-0.1, -0.05) is 151 Å². The van der Waals surface area contributed by atoms with E-state index in [1.807, 2.05) is 0 Å². The van der Waals surface area contributed by atoms with E-state index < -0.39 is 12.2 Å². The molecule has 0 aliphatic heterocycles. The van der Waals surface area contributed by atoms with E-state index in [-0.39, 0.29) is 5.78 Å². The minimum atomic E-state index is -1.00. The van der Waals surface area contributed by atoms with Crippen molar-refractivity contribution >= 4 is 5.78 Å². The van der Waals surface area contributed by atoms with Gasteiger partial charge in [0.2, 0.25) is 0 Å². The molecule has 38 heavy (non-hydrogen) atoms. The number of Topliss-reactive ketones (excluding diaryl/α,β-unsaturated/α-hetero) is 1. The molecular weight excluding hydrogens is 468 g/mol. The first-order valence-electron chi connectivity index (χ1n) is 15.6. The van der Waals surface area contributed by atoms with Crippen LogP contribution in [-0.4, -0.2) is 28.2 Å². The highest BCUT2D eigenvalue weighted by molar-refractivity contribution is 5.86. The first kappa shape index (κ1) is 32.2. The van der Waals surface area contributed by atoms with Crippen LogP contribution in [-0.2, 0) is 17.6 Å². The second-order valence-electron chi connectivity index (χ2n) is 11.1. The molecule has 212 valence electrons. The van der Waals surface area contributed by atoms with E-state index in [0.29, 0.717) is 12.8 Å². The Labute approximate surface area is 233 Å². The van der Waals surface area contributed by atoms with Crippen LogP contribution in [0.2, 0.25) is 0 Å². The Hall–Kier alpha value is -1.97. The van der Waals surface area contributed by atoms with Crippen LogP contribution in [0.15, 0.2) is 60.7 Å². The minimum absolute atomic E-state index is 0.373. The fraction of sp³-hybridized carbons (Fsp3) is 0.629. The van der Waals surface area contributed by atoms with Gasteiger partial charge in [0, 0.05) is 0 Å². The lowest BCUT2D eigenvalue weighted by atomic mass is 9.98. The summed E-state index contributed by atoms with van der Waals surface area (Å²) < 4.78 is 0. The Balaban J connectivity index is 1.33. The van der Waals surface area contributed by atoms with Crippen molar-refractivity contribution in [1.29, 1.82) is 0 Å². The topological polar surface area (TPSA) is 57.5 Å². The van der Waals surface area contributed by atoms with Gasteiger partial charge in [-0.25, -0.2) is 0 Å². The third-order valence-electron chi connectivity index (χ3n) is 7.73. The number of carbonyl (C=O) groups excluding carboxylic acids is 1. The average Bonchev–Trinajstić information content (AvgIpc) is 2.95. The Morgan fingerprint density at radius 2 is 0.737 bits per heavy atom. The second kappa shape index (κ2) is 21.9. The molecule has 0 spiro atoms. The van der Waals surface area contributed by atoms with Crippen molar-refractivity contribution in [2.24, 2.45) is 0 Å². The van der Waals surface area contributed by atoms with Crippen molar-refractivity contribution in [3.05, 3.63) is 71.8 Å².